The van der Waals surface area contributed by atoms with E-state index in [0.717, 1.165) is 11.1 Å². The first-order valence-corrected chi connectivity index (χ1v) is 14.1. The van der Waals surface area contributed by atoms with E-state index in [1.54, 1.807) is 18.2 Å². The Bertz CT molecular complexity index is 1540. The summed E-state index contributed by atoms with van der Waals surface area (Å²) in [4.78, 5) is 63.9. The summed E-state index contributed by atoms with van der Waals surface area (Å²) in [5.74, 6) is -2.73. The topological polar surface area (TPSA) is 180 Å². The van der Waals surface area contributed by atoms with Crippen LogP contribution in [0.15, 0.2) is 78.9 Å². The Labute approximate surface area is 254 Å². The molecule has 0 bridgehead atoms. The third-order valence-corrected chi connectivity index (χ3v) is 7.20. The summed E-state index contributed by atoms with van der Waals surface area (Å²) in [6, 6.07) is 19.1. The Morgan fingerprint density at radius 3 is 2.20 bits per heavy atom. The van der Waals surface area contributed by atoms with Crippen LogP contribution >= 0.6 is 0 Å². The molecule has 2 unspecified atom stereocenters. The highest BCUT2D eigenvalue weighted by Gasteiger charge is 2.54. The van der Waals surface area contributed by atoms with E-state index >= 15 is 0 Å². The second kappa shape index (κ2) is 14.0. The van der Waals surface area contributed by atoms with Crippen LogP contribution in [0.5, 0.6) is 0 Å². The molecule has 1 heterocycles. The van der Waals surface area contributed by atoms with Gasteiger partial charge in [0.25, 0.3) is 17.5 Å². The van der Waals surface area contributed by atoms with Crippen LogP contribution < -0.4 is 16.0 Å². The molecule has 0 saturated carbocycles. The van der Waals surface area contributed by atoms with E-state index in [-0.39, 0.29) is 30.1 Å². The van der Waals surface area contributed by atoms with E-state index in [9.17, 15) is 34.4 Å². The fourth-order valence-electron chi connectivity index (χ4n) is 4.73. The van der Waals surface area contributed by atoms with Crippen LogP contribution in [-0.4, -0.2) is 71.0 Å². The van der Waals surface area contributed by atoms with Crippen LogP contribution in [0.2, 0.25) is 0 Å². The Kier molecular flexibility index (Phi) is 10.2. The number of nitro groups is 1. The number of amides is 3. The van der Waals surface area contributed by atoms with Gasteiger partial charge in [-0.25, -0.2) is 0 Å². The highest BCUT2D eigenvalue weighted by Crippen LogP contribution is 2.30. The summed E-state index contributed by atoms with van der Waals surface area (Å²) in [6.45, 7) is 2.76. The third-order valence-electron chi connectivity index (χ3n) is 7.20. The van der Waals surface area contributed by atoms with Crippen molar-refractivity contribution in [2.45, 2.75) is 38.0 Å². The molecule has 1 fully saturated rings. The number of Topliss-reactive ketones (excluding diaryl/α,β-unsaturated/α-hetero) is 1. The molecule has 12 heteroatoms. The van der Waals surface area contributed by atoms with Gasteiger partial charge in [-0.15, -0.1) is 0 Å². The molecular weight excluding hydrogens is 568 g/mol. The number of nitrogens with one attached hydrogen (secondary N) is 3. The highest BCUT2D eigenvalue weighted by molar-refractivity contribution is 6.02. The lowest BCUT2D eigenvalue weighted by Gasteiger charge is -2.25. The van der Waals surface area contributed by atoms with Crippen molar-refractivity contribution in [1.29, 1.82) is 0 Å². The average Bonchev–Trinajstić information content (AvgIpc) is 3.83. The molecule has 3 aromatic carbocycles. The minimum atomic E-state index is -1.39. The average molecular weight is 603 g/mol. The molecule has 3 amide bonds. The number of hydrogen-bond donors (Lipinski definition) is 4. The second-order valence-corrected chi connectivity index (χ2v) is 11.0. The highest BCUT2D eigenvalue weighted by atomic mass is 16.6. The molecule has 1 aliphatic rings. The number of hydrogen-bond acceptors (Lipinski definition) is 8. The van der Waals surface area contributed by atoms with Crippen LogP contribution in [0.4, 0.5) is 5.69 Å². The van der Waals surface area contributed by atoms with Crippen molar-refractivity contribution in [3.8, 4) is 11.1 Å². The molecule has 0 aliphatic carbocycles. The normalized spacial score (nSPS) is 16.8. The van der Waals surface area contributed by atoms with Crippen molar-refractivity contribution in [3.05, 3.63) is 100 Å². The molecule has 0 radical (unpaired) electrons. The van der Waals surface area contributed by atoms with Crippen LogP contribution in [0.25, 0.3) is 11.1 Å². The van der Waals surface area contributed by atoms with E-state index in [0.29, 0.717) is 0 Å². The van der Waals surface area contributed by atoms with Gasteiger partial charge in [-0.1, -0.05) is 68.4 Å². The van der Waals surface area contributed by atoms with Gasteiger partial charge in [0.2, 0.25) is 5.91 Å². The van der Waals surface area contributed by atoms with Gasteiger partial charge < -0.3 is 25.8 Å². The number of ketones is 1. The van der Waals surface area contributed by atoms with Crippen molar-refractivity contribution < 1.29 is 33.9 Å². The first-order chi connectivity index (χ1) is 21.0. The summed E-state index contributed by atoms with van der Waals surface area (Å²) in [7, 11) is 0. The summed E-state index contributed by atoms with van der Waals surface area (Å²) in [5, 5.41) is 28.9. The number of ether oxygens (including phenoxy) is 1. The number of para-hydroxylation sites is 1. The summed E-state index contributed by atoms with van der Waals surface area (Å²) in [6.07, 6.45) is 0.234. The zero-order valence-electron chi connectivity index (χ0n) is 24.3. The lowest BCUT2D eigenvalue weighted by molar-refractivity contribution is -0.385. The van der Waals surface area contributed by atoms with Crippen molar-refractivity contribution in [3.63, 3.8) is 0 Å². The quantitative estimate of drug-likeness (QED) is 0.123. The van der Waals surface area contributed by atoms with E-state index in [2.05, 4.69) is 16.0 Å². The number of nitro benzene ring substituents is 1. The van der Waals surface area contributed by atoms with Crippen LogP contribution in [0.3, 0.4) is 0 Å². The number of benzene rings is 3. The summed E-state index contributed by atoms with van der Waals surface area (Å²) >= 11 is 0. The van der Waals surface area contributed by atoms with Gasteiger partial charge in [0.05, 0.1) is 24.2 Å². The third kappa shape index (κ3) is 7.71. The Hall–Kier alpha value is -4.94. The Balaban J connectivity index is 1.57. The maximum absolute atomic E-state index is 13.6. The van der Waals surface area contributed by atoms with Crippen LogP contribution in [0.1, 0.15) is 41.0 Å². The monoisotopic (exact) mass is 602 g/mol. The number of carbonyl (C=O) groups is 4. The number of carbonyl (C=O) groups excluding carboxylic acids is 4. The second-order valence-electron chi connectivity index (χ2n) is 11.0. The number of nitrogens with zero attached hydrogens (tertiary/aromatic N) is 1. The molecule has 230 valence electrons. The van der Waals surface area contributed by atoms with Gasteiger partial charge in [-0.05, 0) is 41.7 Å². The molecular formula is C32H34N4O8. The lowest BCUT2D eigenvalue weighted by Crippen LogP contribution is -2.57. The molecule has 12 nitrogen and oxygen atoms in total. The van der Waals surface area contributed by atoms with Gasteiger partial charge in [-0.2, -0.15) is 0 Å². The molecule has 4 rings (SSSR count). The zero-order valence-corrected chi connectivity index (χ0v) is 24.3. The minimum absolute atomic E-state index is 0.0224. The molecule has 1 aliphatic heterocycles. The van der Waals surface area contributed by atoms with Crippen LogP contribution in [0, 0.1) is 16.0 Å². The SMILES string of the molecule is CC(C)CC(NC(=O)[C@H](CNC(=O)c1ccccc1[N+](=O)[O-])NC(=O)c1cccc(-c2ccccc2)c1)C(=O)C1(CO)CO1. The Morgan fingerprint density at radius 1 is 0.909 bits per heavy atom. The first kappa shape index (κ1) is 32.0. The largest absolute Gasteiger partial charge is 0.393 e. The van der Waals surface area contributed by atoms with Crippen molar-refractivity contribution in [2.24, 2.45) is 5.92 Å². The van der Waals surface area contributed by atoms with Gasteiger partial charge in [0.1, 0.15) is 11.6 Å². The zero-order chi connectivity index (χ0) is 31.9. The molecule has 1 saturated heterocycles. The van der Waals surface area contributed by atoms with Crippen molar-refractivity contribution >= 4 is 29.2 Å². The smallest absolute Gasteiger partial charge is 0.282 e. The van der Waals surface area contributed by atoms with Crippen LogP contribution in [-0.2, 0) is 14.3 Å². The molecule has 0 spiro atoms. The van der Waals surface area contributed by atoms with E-state index in [1.807, 2.05) is 50.2 Å². The maximum Gasteiger partial charge on any atom is 0.282 e. The predicted molar refractivity (Wildman–Crippen MR) is 161 cm³/mol. The van der Waals surface area contributed by atoms with E-state index < -0.39 is 65.0 Å². The number of epoxide rings is 1. The Morgan fingerprint density at radius 2 is 1.57 bits per heavy atom. The summed E-state index contributed by atoms with van der Waals surface area (Å²) < 4.78 is 5.21. The fraction of sp³-hybridized carbons (Fsp3) is 0.312. The molecule has 4 N–H and O–H groups in total. The van der Waals surface area contributed by atoms with Crippen molar-refractivity contribution in [2.75, 3.05) is 19.8 Å². The summed E-state index contributed by atoms with van der Waals surface area (Å²) in [5.41, 5.74) is -0.136. The molecule has 44 heavy (non-hydrogen) atoms. The van der Waals surface area contributed by atoms with Gasteiger partial charge in [-0.3, -0.25) is 29.3 Å². The van der Waals surface area contributed by atoms with E-state index in [4.69, 9.17) is 4.74 Å². The first-order valence-electron chi connectivity index (χ1n) is 14.1. The maximum atomic E-state index is 13.6. The molecule has 3 atom stereocenters. The predicted octanol–water partition coefficient (Wildman–Crippen LogP) is 2.65. The fourth-order valence-corrected chi connectivity index (χ4v) is 4.73. The number of aliphatic hydroxyl groups excluding tert-OH is 1. The number of aliphatic hydroxyl groups is 1. The molecule has 3 aromatic rings. The van der Waals surface area contributed by atoms with Crippen molar-refractivity contribution in [1.82, 2.24) is 16.0 Å². The van der Waals surface area contributed by atoms with E-state index in [1.165, 1.54) is 24.3 Å². The number of rotatable bonds is 14. The molecule has 0 aromatic heterocycles. The standard InChI is InChI=1S/C32H34N4O8/c1-20(2)15-25(28(38)32(18-37)19-44-32)34-31(41)26(17-33-30(40)24-13-6-7-14-27(24)36(42)43)35-29(39)23-12-8-11-22(16-23)21-9-4-3-5-10-21/h3-14,16,20,25-26,37H,15,17-19H2,1-2H3,(H,33,40)(H,34,41)(H,35,39)/t25?,26-,32?/m0/s1. The van der Waals surface area contributed by atoms with Gasteiger partial charge in [0.15, 0.2) is 11.4 Å². The van der Waals surface area contributed by atoms with Gasteiger partial charge >= 0.3 is 0 Å². The van der Waals surface area contributed by atoms with Gasteiger partial charge in [0, 0.05) is 18.2 Å². The minimum Gasteiger partial charge on any atom is -0.393 e. The lowest BCUT2D eigenvalue weighted by atomic mass is 9.92.